The molecule has 0 amide bonds. The van der Waals surface area contributed by atoms with Crippen LogP contribution in [0.3, 0.4) is 0 Å². The molecule has 0 aliphatic heterocycles. The lowest BCUT2D eigenvalue weighted by Gasteiger charge is -2.23. The molecule has 156 valence electrons. The number of hydrogen-bond donors (Lipinski definition) is 0. The highest BCUT2D eigenvalue weighted by molar-refractivity contribution is 5.93. The maximum absolute atomic E-state index is 14.3. The van der Waals surface area contributed by atoms with Gasteiger partial charge >= 0.3 is 0 Å². The largest absolute Gasteiger partial charge is 0.277 e. The van der Waals surface area contributed by atoms with Gasteiger partial charge in [-0.05, 0) is 25.0 Å². The van der Waals surface area contributed by atoms with Crippen molar-refractivity contribution in [2.24, 2.45) is 0 Å². The second kappa shape index (κ2) is 8.04. The lowest BCUT2D eigenvalue weighted by atomic mass is 10.1. The summed E-state index contributed by atoms with van der Waals surface area (Å²) >= 11 is 0. The summed E-state index contributed by atoms with van der Waals surface area (Å²) in [6.45, 7) is 0.531. The molecule has 0 N–H and O–H groups in total. The maximum Gasteiger partial charge on any atom is 0.275 e. The first-order chi connectivity index (χ1) is 15.1. The molecule has 0 atom stereocenters. The van der Waals surface area contributed by atoms with Crippen LogP contribution >= 0.6 is 0 Å². The summed E-state index contributed by atoms with van der Waals surface area (Å²) in [5, 5.41) is 6.11. The molecule has 1 aliphatic carbocycles. The van der Waals surface area contributed by atoms with Crippen molar-refractivity contribution in [3.63, 3.8) is 0 Å². The first-order valence-electron chi connectivity index (χ1n) is 10.3. The van der Waals surface area contributed by atoms with E-state index in [0.29, 0.717) is 17.5 Å². The molecular formula is C25H21F2N3O. The van der Waals surface area contributed by atoms with Gasteiger partial charge in [0.05, 0.1) is 17.7 Å². The summed E-state index contributed by atoms with van der Waals surface area (Å²) in [5.74, 6) is -1.17. The average molecular weight is 417 g/mol. The van der Waals surface area contributed by atoms with Gasteiger partial charge in [0, 0.05) is 35.2 Å². The average Bonchev–Trinajstić information content (AvgIpc) is 3.63. The number of halogens is 2. The van der Waals surface area contributed by atoms with Crippen molar-refractivity contribution in [1.29, 1.82) is 0 Å². The van der Waals surface area contributed by atoms with E-state index in [1.54, 1.807) is 0 Å². The monoisotopic (exact) mass is 417 g/mol. The molecule has 1 aliphatic rings. The van der Waals surface area contributed by atoms with Gasteiger partial charge in [-0.1, -0.05) is 54.6 Å². The number of benzene rings is 3. The summed E-state index contributed by atoms with van der Waals surface area (Å²) in [7, 11) is 0. The molecule has 0 radical (unpaired) electrons. The van der Waals surface area contributed by atoms with Crippen molar-refractivity contribution in [2.45, 2.75) is 32.1 Å². The lowest BCUT2D eigenvalue weighted by Crippen LogP contribution is -2.35. The summed E-state index contributed by atoms with van der Waals surface area (Å²) in [6.07, 6.45) is 1.97. The number of hydrogen-bond acceptors (Lipinski definition) is 3. The molecule has 6 heteroatoms. The van der Waals surface area contributed by atoms with Crippen LogP contribution in [0.15, 0.2) is 77.6 Å². The Balaban J connectivity index is 1.56. The normalized spacial score (nSPS) is 13.8. The van der Waals surface area contributed by atoms with Crippen molar-refractivity contribution < 1.29 is 8.78 Å². The van der Waals surface area contributed by atoms with Crippen LogP contribution in [0.2, 0.25) is 0 Å². The van der Waals surface area contributed by atoms with Crippen molar-refractivity contribution >= 4 is 10.8 Å². The minimum atomic E-state index is -0.598. The minimum Gasteiger partial charge on any atom is -0.277 e. The predicted octanol–water partition coefficient (Wildman–Crippen LogP) is 4.96. The molecule has 0 bridgehead atoms. The van der Waals surface area contributed by atoms with Gasteiger partial charge in [0.1, 0.15) is 11.6 Å². The van der Waals surface area contributed by atoms with Gasteiger partial charge in [0.15, 0.2) is 0 Å². The standard InChI is InChI=1S/C25H21F2N3O/c26-19-11-10-18(23(27)14-19)15-29(20-12-13-20)16-30-25(31)22-9-5-4-8-21(22)24(28-30)17-6-2-1-3-7-17/h1-11,14,20H,12-13,15-16H2. The van der Waals surface area contributed by atoms with Crippen molar-refractivity contribution in [3.8, 4) is 11.3 Å². The summed E-state index contributed by atoms with van der Waals surface area (Å²) in [4.78, 5) is 15.2. The van der Waals surface area contributed by atoms with E-state index >= 15 is 0 Å². The SMILES string of the molecule is O=c1c2ccccc2c(-c2ccccc2)nn1CN(Cc1ccc(F)cc1F)C1CC1. The van der Waals surface area contributed by atoms with Gasteiger partial charge < -0.3 is 0 Å². The van der Waals surface area contributed by atoms with Crippen molar-refractivity contribution in [3.05, 3.63) is 100 Å². The molecule has 1 saturated carbocycles. The third-order valence-electron chi connectivity index (χ3n) is 5.68. The molecule has 0 saturated heterocycles. The van der Waals surface area contributed by atoms with Gasteiger partial charge in [-0.15, -0.1) is 0 Å². The van der Waals surface area contributed by atoms with E-state index in [0.717, 1.165) is 35.6 Å². The zero-order valence-electron chi connectivity index (χ0n) is 16.8. The minimum absolute atomic E-state index is 0.180. The van der Waals surface area contributed by atoms with E-state index in [2.05, 4.69) is 0 Å². The Labute approximate surface area is 178 Å². The van der Waals surface area contributed by atoms with Crippen LogP contribution < -0.4 is 5.56 Å². The van der Waals surface area contributed by atoms with Gasteiger partial charge in [0.25, 0.3) is 5.56 Å². The molecule has 0 spiro atoms. The molecule has 4 nitrogen and oxygen atoms in total. The fourth-order valence-corrected chi connectivity index (χ4v) is 3.92. The van der Waals surface area contributed by atoms with Crippen LogP contribution in [0.5, 0.6) is 0 Å². The van der Waals surface area contributed by atoms with Gasteiger partial charge in [-0.3, -0.25) is 9.69 Å². The Morgan fingerprint density at radius 3 is 2.35 bits per heavy atom. The fourth-order valence-electron chi connectivity index (χ4n) is 3.92. The number of aromatic nitrogens is 2. The van der Waals surface area contributed by atoms with Crippen molar-refractivity contribution in [1.82, 2.24) is 14.7 Å². The molecule has 0 unspecified atom stereocenters. The molecule has 1 fully saturated rings. The Bertz CT molecular complexity index is 1300. The number of nitrogens with zero attached hydrogens (tertiary/aromatic N) is 3. The van der Waals surface area contributed by atoms with E-state index in [1.807, 2.05) is 59.5 Å². The van der Waals surface area contributed by atoms with Crippen LogP contribution in [-0.4, -0.2) is 20.7 Å². The number of rotatable bonds is 6. The molecular weight excluding hydrogens is 396 g/mol. The second-order valence-electron chi connectivity index (χ2n) is 7.92. The Kier molecular flexibility index (Phi) is 5.08. The Hall–Kier alpha value is -3.38. The highest BCUT2D eigenvalue weighted by Crippen LogP contribution is 2.30. The third kappa shape index (κ3) is 3.99. The van der Waals surface area contributed by atoms with E-state index in [9.17, 15) is 13.6 Å². The predicted molar refractivity (Wildman–Crippen MR) is 116 cm³/mol. The second-order valence-corrected chi connectivity index (χ2v) is 7.92. The Morgan fingerprint density at radius 2 is 1.65 bits per heavy atom. The van der Waals surface area contributed by atoms with Crippen LogP contribution in [0.4, 0.5) is 8.78 Å². The number of fused-ring (bicyclic) bond motifs is 1. The Morgan fingerprint density at radius 1 is 0.935 bits per heavy atom. The summed E-state index contributed by atoms with van der Waals surface area (Å²) < 4.78 is 29.0. The van der Waals surface area contributed by atoms with Crippen LogP contribution in [0, 0.1) is 11.6 Å². The summed E-state index contributed by atoms with van der Waals surface area (Å²) in [5.41, 5.74) is 1.89. The fraction of sp³-hybridized carbons (Fsp3) is 0.200. The van der Waals surface area contributed by atoms with E-state index < -0.39 is 11.6 Å². The van der Waals surface area contributed by atoms with E-state index in [-0.39, 0.29) is 18.3 Å². The van der Waals surface area contributed by atoms with Gasteiger partial charge in [-0.2, -0.15) is 5.10 Å². The van der Waals surface area contributed by atoms with Gasteiger partial charge in [0.2, 0.25) is 0 Å². The quantitative estimate of drug-likeness (QED) is 0.445. The molecule has 31 heavy (non-hydrogen) atoms. The molecule has 1 aromatic heterocycles. The van der Waals surface area contributed by atoms with E-state index in [4.69, 9.17) is 5.10 Å². The van der Waals surface area contributed by atoms with Crippen molar-refractivity contribution in [2.75, 3.05) is 0 Å². The molecule has 4 aromatic rings. The topological polar surface area (TPSA) is 38.1 Å². The van der Waals surface area contributed by atoms with Gasteiger partial charge in [-0.25, -0.2) is 13.5 Å². The highest BCUT2D eigenvalue weighted by Gasteiger charge is 2.30. The van der Waals surface area contributed by atoms with E-state index in [1.165, 1.54) is 16.8 Å². The molecule has 3 aromatic carbocycles. The first-order valence-corrected chi connectivity index (χ1v) is 10.3. The zero-order chi connectivity index (χ0) is 21.4. The first kappa shape index (κ1) is 19.6. The zero-order valence-corrected chi connectivity index (χ0v) is 16.8. The maximum atomic E-state index is 14.3. The summed E-state index contributed by atoms with van der Waals surface area (Å²) in [6, 6.07) is 21.1. The third-order valence-corrected chi connectivity index (χ3v) is 5.68. The molecule has 5 rings (SSSR count). The highest BCUT2D eigenvalue weighted by atomic mass is 19.1. The van der Waals surface area contributed by atoms with Crippen LogP contribution in [0.1, 0.15) is 18.4 Å². The van der Waals surface area contributed by atoms with Crippen LogP contribution in [-0.2, 0) is 13.2 Å². The smallest absolute Gasteiger partial charge is 0.275 e. The lowest BCUT2D eigenvalue weighted by molar-refractivity contribution is 0.182. The van der Waals surface area contributed by atoms with Crippen LogP contribution in [0.25, 0.3) is 22.0 Å². The molecule has 1 heterocycles.